The average Bonchev–Trinajstić information content (AvgIpc) is 3.42. The second kappa shape index (κ2) is 22.5. The molecule has 6 heteroatoms. The monoisotopic (exact) mass is 1160 g/mol. The Morgan fingerprint density at radius 3 is 1.25 bits per heavy atom. The number of aryl methyl sites for hydroxylation is 4. The van der Waals surface area contributed by atoms with E-state index in [2.05, 4.69) is 228 Å². The molecule has 0 radical (unpaired) electrons. The molecule has 0 atom stereocenters. The normalized spacial score (nSPS) is 11.5. The van der Waals surface area contributed by atoms with Gasteiger partial charge in [-0.2, -0.15) is 0 Å². The molecule has 0 aliphatic heterocycles. The fourth-order valence-corrected chi connectivity index (χ4v) is 13.4. The van der Waals surface area contributed by atoms with Gasteiger partial charge in [-0.1, -0.05) is 165 Å². The van der Waals surface area contributed by atoms with E-state index in [0.29, 0.717) is 0 Å². The van der Waals surface area contributed by atoms with Gasteiger partial charge in [0, 0.05) is 24.2 Å². The minimum absolute atomic E-state index is 0. The summed E-state index contributed by atoms with van der Waals surface area (Å²) >= 11 is 0. The SMILES string of the molecule is C[Si](C)(C)c1cc(-c2[c-]cccc2)ncc1CCc1cc(CCc2cnc(-c3[c-]cccc3)cc2[Si](C)(C)C)cc(-c2ccccc2-c2cnc(-c3[c-]cccc3)cc2-c2ccc(-c3ccccc3)cc2)c1.[Ir+3]. The first kappa shape index (κ1) is 51.0. The molecule has 10 rings (SSSR count). The van der Waals surface area contributed by atoms with Crippen LogP contribution in [0.3, 0.4) is 0 Å². The second-order valence-corrected chi connectivity index (χ2v) is 31.0. The molecule has 3 nitrogen and oxygen atoms in total. The van der Waals surface area contributed by atoms with Gasteiger partial charge in [0.15, 0.2) is 0 Å². The molecule has 0 fully saturated rings. The molecule has 0 aliphatic rings. The Balaban J connectivity index is 0.00000656. The molecule has 3 heterocycles. The zero-order valence-corrected chi connectivity index (χ0v) is 47.0. The maximum atomic E-state index is 5.14. The zero-order valence-electron chi connectivity index (χ0n) is 42.6. The van der Waals surface area contributed by atoms with Crippen molar-refractivity contribution in [1.29, 1.82) is 0 Å². The Morgan fingerprint density at radius 2 is 0.767 bits per heavy atom. The van der Waals surface area contributed by atoms with E-state index in [9.17, 15) is 0 Å². The Labute approximate surface area is 448 Å². The Morgan fingerprint density at radius 1 is 0.342 bits per heavy atom. The molecule has 0 saturated heterocycles. The van der Waals surface area contributed by atoms with Crippen LogP contribution in [0.1, 0.15) is 22.3 Å². The van der Waals surface area contributed by atoms with Crippen molar-refractivity contribution in [1.82, 2.24) is 15.0 Å². The van der Waals surface area contributed by atoms with Crippen LogP contribution < -0.4 is 10.4 Å². The molecule has 0 saturated carbocycles. The maximum absolute atomic E-state index is 5.14. The summed E-state index contributed by atoms with van der Waals surface area (Å²) < 4.78 is 0. The molecule has 7 aromatic carbocycles. The van der Waals surface area contributed by atoms with Crippen LogP contribution in [0.15, 0.2) is 207 Å². The zero-order chi connectivity index (χ0) is 49.7. The summed E-state index contributed by atoms with van der Waals surface area (Å²) in [6.45, 7) is 14.7. The maximum Gasteiger partial charge on any atom is 3.00 e. The van der Waals surface area contributed by atoms with Gasteiger partial charge in [-0.05, 0) is 104 Å². The minimum atomic E-state index is -1.74. The molecular weight excluding hydrogens is 1100 g/mol. The van der Waals surface area contributed by atoms with Crippen LogP contribution in [-0.4, -0.2) is 31.1 Å². The molecular formula is C67H60IrN3Si2. The van der Waals surface area contributed by atoms with Crippen molar-refractivity contribution < 1.29 is 20.1 Å². The minimum Gasteiger partial charge on any atom is -0.304 e. The van der Waals surface area contributed by atoms with Gasteiger partial charge in [-0.3, -0.25) is 0 Å². The third-order valence-electron chi connectivity index (χ3n) is 13.7. The number of rotatable bonds is 15. The van der Waals surface area contributed by atoms with Crippen molar-refractivity contribution in [2.75, 3.05) is 0 Å². The van der Waals surface area contributed by atoms with Crippen LogP contribution in [-0.2, 0) is 45.8 Å². The van der Waals surface area contributed by atoms with Crippen LogP contribution in [0, 0.1) is 18.2 Å². The van der Waals surface area contributed by atoms with Crippen molar-refractivity contribution in [3.63, 3.8) is 0 Å². The smallest absolute Gasteiger partial charge is 0.304 e. The fraction of sp³-hybridized carbons (Fsp3) is 0.149. The number of benzene rings is 7. The average molecular weight is 1160 g/mol. The molecule has 360 valence electrons. The summed E-state index contributed by atoms with van der Waals surface area (Å²) in [5, 5.41) is 2.92. The van der Waals surface area contributed by atoms with E-state index in [1.807, 2.05) is 36.4 Å². The van der Waals surface area contributed by atoms with Crippen molar-refractivity contribution in [2.45, 2.75) is 65.0 Å². The fourth-order valence-electron chi connectivity index (χ4n) is 9.98. The molecule has 0 amide bonds. The van der Waals surface area contributed by atoms with E-state index < -0.39 is 16.1 Å². The van der Waals surface area contributed by atoms with Gasteiger partial charge in [-0.15, -0.1) is 108 Å². The number of nitrogens with zero attached hydrogens (tertiary/aromatic N) is 3. The molecule has 0 spiro atoms. The van der Waals surface area contributed by atoms with E-state index in [1.54, 1.807) is 0 Å². The van der Waals surface area contributed by atoms with E-state index in [0.717, 1.165) is 81.7 Å². The summed E-state index contributed by atoms with van der Waals surface area (Å²) in [6.07, 6.45) is 9.96. The summed E-state index contributed by atoms with van der Waals surface area (Å²) in [6, 6.07) is 77.4. The second-order valence-electron chi connectivity index (χ2n) is 20.9. The van der Waals surface area contributed by atoms with Crippen molar-refractivity contribution in [3.8, 4) is 78.3 Å². The van der Waals surface area contributed by atoms with Gasteiger partial charge in [0.25, 0.3) is 0 Å². The first-order valence-corrected chi connectivity index (χ1v) is 32.2. The molecule has 0 unspecified atom stereocenters. The standard InChI is InChI=1S/C67H60N3Si2.Ir/c1-71(2,3)66-43-64(54-25-15-9-16-26-54)68-45-56(66)33-31-48-39-49(32-34-57-46-69-65(44-67(57)72(4,5)6)55-27-17-10-18-28-55)41-58(40-48)59-29-19-20-30-60(59)62-47-70-63(53-23-13-8-14-24-53)42-61(62)52-37-35-51(36-38-52)50-21-11-7-12-22-50;/h7-23,25,27,29-30,35-47H,31-34H2,1-6H3;/q-3;+3. The summed E-state index contributed by atoms with van der Waals surface area (Å²) in [7, 11) is -3.49. The number of hydrogen-bond donors (Lipinski definition) is 0. The summed E-state index contributed by atoms with van der Waals surface area (Å²) in [4.78, 5) is 15.2. The van der Waals surface area contributed by atoms with Crippen LogP contribution in [0.4, 0.5) is 0 Å². The Hall–Kier alpha value is -6.93. The first-order chi connectivity index (χ1) is 34.9. The summed E-state index contributed by atoms with van der Waals surface area (Å²) in [5.41, 5.74) is 20.5. The predicted molar refractivity (Wildman–Crippen MR) is 308 cm³/mol. The van der Waals surface area contributed by atoms with Crippen LogP contribution in [0.5, 0.6) is 0 Å². The van der Waals surface area contributed by atoms with Crippen molar-refractivity contribution >= 4 is 26.5 Å². The van der Waals surface area contributed by atoms with Crippen LogP contribution >= 0.6 is 0 Å². The first-order valence-electron chi connectivity index (χ1n) is 25.2. The van der Waals surface area contributed by atoms with Gasteiger partial charge in [0.2, 0.25) is 0 Å². The summed E-state index contributed by atoms with van der Waals surface area (Å²) in [5.74, 6) is 0. The molecule has 0 bridgehead atoms. The van der Waals surface area contributed by atoms with Gasteiger partial charge in [0.05, 0.1) is 16.1 Å². The van der Waals surface area contributed by atoms with Crippen molar-refractivity contribution in [3.05, 3.63) is 247 Å². The van der Waals surface area contributed by atoms with Gasteiger partial charge in [-0.25, -0.2) is 0 Å². The third kappa shape index (κ3) is 12.0. The molecule has 0 N–H and O–H groups in total. The predicted octanol–water partition coefficient (Wildman–Crippen LogP) is 15.6. The van der Waals surface area contributed by atoms with Gasteiger partial charge >= 0.3 is 20.1 Å². The Bertz CT molecular complexity index is 3330. The topological polar surface area (TPSA) is 38.7 Å². The quantitative estimate of drug-likeness (QED) is 0.0758. The van der Waals surface area contributed by atoms with Gasteiger partial charge < -0.3 is 15.0 Å². The molecule has 3 aromatic heterocycles. The third-order valence-corrected chi connectivity index (χ3v) is 17.9. The Kier molecular flexibility index (Phi) is 15.7. The molecule has 0 aliphatic carbocycles. The number of pyridine rings is 3. The van der Waals surface area contributed by atoms with E-state index >= 15 is 0 Å². The largest absolute Gasteiger partial charge is 3.00 e. The van der Waals surface area contributed by atoms with Crippen LogP contribution in [0.2, 0.25) is 39.3 Å². The van der Waals surface area contributed by atoms with Crippen molar-refractivity contribution in [2.24, 2.45) is 0 Å². The molecule has 73 heavy (non-hydrogen) atoms. The number of hydrogen-bond acceptors (Lipinski definition) is 3. The van der Waals surface area contributed by atoms with Gasteiger partial charge in [0.1, 0.15) is 0 Å². The number of aromatic nitrogens is 3. The van der Waals surface area contributed by atoms with E-state index in [-0.39, 0.29) is 20.1 Å². The van der Waals surface area contributed by atoms with E-state index in [1.165, 1.54) is 54.9 Å². The van der Waals surface area contributed by atoms with E-state index in [4.69, 9.17) is 15.0 Å². The van der Waals surface area contributed by atoms with Crippen LogP contribution in [0.25, 0.3) is 78.3 Å². The molecule has 10 aromatic rings.